The summed E-state index contributed by atoms with van der Waals surface area (Å²) in [6.07, 6.45) is 2.50. The predicted molar refractivity (Wildman–Crippen MR) is 129 cm³/mol. The molecular formula is C30H32. The third-order valence-corrected chi connectivity index (χ3v) is 6.95. The minimum Gasteiger partial charge on any atom is -0.0726 e. The molecule has 0 spiro atoms. The fraction of sp³-hybridized carbons (Fsp3) is 0.267. The quantitative estimate of drug-likeness (QED) is 0.396. The third-order valence-electron chi connectivity index (χ3n) is 6.95. The zero-order chi connectivity index (χ0) is 21.5. The van der Waals surface area contributed by atoms with Gasteiger partial charge in [-0.3, -0.25) is 0 Å². The number of allylic oxidation sites excluding steroid dienone is 4. The zero-order valence-electron chi connectivity index (χ0n) is 19.1. The van der Waals surface area contributed by atoms with E-state index in [9.17, 15) is 0 Å². The molecule has 0 saturated heterocycles. The zero-order valence-corrected chi connectivity index (χ0v) is 19.1. The second-order valence-electron chi connectivity index (χ2n) is 9.05. The third kappa shape index (κ3) is 3.25. The van der Waals surface area contributed by atoms with Crippen LogP contribution in [0.1, 0.15) is 54.2 Å². The minimum absolute atomic E-state index is 0.271. The van der Waals surface area contributed by atoms with Crippen LogP contribution in [-0.4, -0.2) is 0 Å². The summed E-state index contributed by atoms with van der Waals surface area (Å²) in [5.41, 5.74) is 12.0. The first-order valence-corrected chi connectivity index (χ1v) is 10.9. The molecule has 1 aliphatic carbocycles. The molecule has 0 nitrogen and oxygen atoms in total. The lowest BCUT2D eigenvalue weighted by Gasteiger charge is -2.42. The highest BCUT2D eigenvalue weighted by atomic mass is 14.5. The SMILES string of the molecule is CC1=CC(C(c2cccc(C)c2)(c2cccc(C)c2)c2cccc(C)c2)C(C)=C1C. The van der Waals surface area contributed by atoms with Crippen LogP contribution >= 0.6 is 0 Å². The lowest BCUT2D eigenvalue weighted by atomic mass is 9.60. The van der Waals surface area contributed by atoms with E-state index in [4.69, 9.17) is 0 Å². The summed E-state index contributed by atoms with van der Waals surface area (Å²) in [4.78, 5) is 0. The molecule has 0 aliphatic heterocycles. The Bertz CT molecular complexity index is 1040. The van der Waals surface area contributed by atoms with E-state index in [2.05, 4.69) is 120 Å². The molecule has 0 aromatic heterocycles. The van der Waals surface area contributed by atoms with E-state index in [1.54, 1.807) is 0 Å². The van der Waals surface area contributed by atoms with Gasteiger partial charge in [0.2, 0.25) is 0 Å². The van der Waals surface area contributed by atoms with E-state index in [1.807, 2.05) is 0 Å². The van der Waals surface area contributed by atoms with Crippen LogP contribution in [-0.2, 0) is 5.41 Å². The average molecular weight is 393 g/mol. The molecule has 0 radical (unpaired) electrons. The maximum atomic E-state index is 2.50. The molecule has 4 rings (SSSR count). The van der Waals surface area contributed by atoms with Gasteiger partial charge in [0.1, 0.15) is 0 Å². The van der Waals surface area contributed by atoms with E-state index < -0.39 is 0 Å². The number of aryl methyl sites for hydroxylation is 3. The van der Waals surface area contributed by atoms with Crippen molar-refractivity contribution in [2.75, 3.05) is 0 Å². The Hall–Kier alpha value is -2.86. The smallest absolute Gasteiger partial charge is 0.0551 e. The largest absolute Gasteiger partial charge is 0.0726 e. The summed E-state index contributed by atoms with van der Waals surface area (Å²) in [7, 11) is 0. The Morgan fingerprint density at radius 1 is 0.567 bits per heavy atom. The average Bonchev–Trinajstić information content (AvgIpc) is 2.97. The molecule has 3 aromatic rings. The van der Waals surface area contributed by atoms with Crippen molar-refractivity contribution in [3.05, 3.63) is 129 Å². The van der Waals surface area contributed by atoms with Crippen molar-refractivity contribution >= 4 is 0 Å². The molecule has 1 atom stereocenters. The lowest BCUT2D eigenvalue weighted by molar-refractivity contribution is 0.505. The van der Waals surface area contributed by atoms with Gasteiger partial charge in [-0.1, -0.05) is 107 Å². The highest BCUT2D eigenvalue weighted by molar-refractivity contribution is 5.59. The molecule has 152 valence electrons. The van der Waals surface area contributed by atoms with E-state index in [1.165, 1.54) is 50.1 Å². The first kappa shape index (κ1) is 20.4. The van der Waals surface area contributed by atoms with E-state index in [0.29, 0.717) is 0 Å². The topological polar surface area (TPSA) is 0 Å². The van der Waals surface area contributed by atoms with Crippen LogP contribution < -0.4 is 0 Å². The molecule has 0 fully saturated rings. The molecule has 0 heterocycles. The maximum Gasteiger partial charge on any atom is 0.0551 e. The summed E-state index contributed by atoms with van der Waals surface area (Å²) in [5.74, 6) is 0.280. The van der Waals surface area contributed by atoms with Gasteiger partial charge in [-0.15, -0.1) is 0 Å². The Morgan fingerprint density at radius 3 is 1.27 bits per heavy atom. The van der Waals surface area contributed by atoms with Gasteiger partial charge in [0.25, 0.3) is 0 Å². The predicted octanol–water partition coefficient (Wildman–Crippen LogP) is 7.86. The Labute approximate surface area is 182 Å². The summed E-state index contributed by atoms with van der Waals surface area (Å²) in [5, 5.41) is 0. The van der Waals surface area contributed by atoms with Crippen LogP contribution in [0.2, 0.25) is 0 Å². The number of hydrogen-bond donors (Lipinski definition) is 0. The monoisotopic (exact) mass is 392 g/mol. The van der Waals surface area contributed by atoms with Crippen LogP contribution in [0.5, 0.6) is 0 Å². The maximum absolute atomic E-state index is 2.50. The Kier molecular flexibility index (Phi) is 5.28. The standard InChI is InChI=1S/C30H32/c1-20-10-7-13-26(16-20)30(27-14-8-11-21(2)17-27,28-15-9-12-22(3)18-28)29-19-23(4)24(5)25(29)6/h7-19,29H,1-6H3. The molecular weight excluding hydrogens is 360 g/mol. The molecule has 0 N–H and O–H groups in total. The number of benzene rings is 3. The van der Waals surface area contributed by atoms with Crippen LogP contribution in [0.3, 0.4) is 0 Å². The summed E-state index contributed by atoms with van der Waals surface area (Å²) in [6, 6.07) is 27.3. The van der Waals surface area contributed by atoms with E-state index in [-0.39, 0.29) is 11.3 Å². The van der Waals surface area contributed by atoms with E-state index >= 15 is 0 Å². The fourth-order valence-electron chi connectivity index (χ4n) is 5.20. The van der Waals surface area contributed by atoms with Gasteiger partial charge in [-0.05, 0) is 63.8 Å². The second-order valence-corrected chi connectivity index (χ2v) is 9.05. The first-order chi connectivity index (χ1) is 14.3. The van der Waals surface area contributed by atoms with Gasteiger partial charge in [-0.2, -0.15) is 0 Å². The van der Waals surface area contributed by atoms with Gasteiger partial charge in [0.05, 0.1) is 5.41 Å². The van der Waals surface area contributed by atoms with Crippen molar-refractivity contribution in [1.82, 2.24) is 0 Å². The summed E-state index contributed by atoms with van der Waals surface area (Å²) >= 11 is 0. The van der Waals surface area contributed by atoms with Crippen LogP contribution in [0.25, 0.3) is 0 Å². The van der Waals surface area contributed by atoms with E-state index in [0.717, 1.165) is 0 Å². The highest BCUT2D eigenvalue weighted by Crippen LogP contribution is 2.52. The van der Waals surface area contributed by atoms with Gasteiger partial charge in [-0.25, -0.2) is 0 Å². The van der Waals surface area contributed by atoms with Gasteiger partial charge in [0, 0.05) is 5.92 Å². The van der Waals surface area contributed by atoms with Gasteiger partial charge in [0.15, 0.2) is 0 Å². The lowest BCUT2D eigenvalue weighted by Crippen LogP contribution is -2.37. The van der Waals surface area contributed by atoms with Gasteiger partial charge < -0.3 is 0 Å². The Balaban J connectivity index is 2.17. The van der Waals surface area contributed by atoms with Crippen molar-refractivity contribution in [3.63, 3.8) is 0 Å². The molecule has 30 heavy (non-hydrogen) atoms. The van der Waals surface area contributed by atoms with Crippen molar-refractivity contribution in [3.8, 4) is 0 Å². The molecule has 3 aromatic carbocycles. The molecule has 0 heteroatoms. The minimum atomic E-state index is -0.271. The number of hydrogen-bond acceptors (Lipinski definition) is 0. The van der Waals surface area contributed by atoms with Crippen LogP contribution in [0.4, 0.5) is 0 Å². The molecule has 1 unspecified atom stereocenters. The van der Waals surface area contributed by atoms with Crippen molar-refractivity contribution < 1.29 is 0 Å². The van der Waals surface area contributed by atoms with Crippen molar-refractivity contribution in [2.45, 2.75) is 47.0 Å². The normalized spacial score (nSPS) is 16.7. The molecule has 0 amide bonds. The van der Waals surface area contributed by atoms with Crippen LogP contribution in [0, 0.1) is 26.7 Å². The molecule has 0 bridgehead atoms. The van der Waals surface area contributed by atoms with Gasteiger partial charge >= 0.3 is 0 Å². The molecule has 0 saturated carbocycles. The van der Waals surface area contributed by atoms with Crippen molar-refractivity contribution in [2.24, 2.45) is 5.92 Å². The second kappa shape index (κ2) is 7.76. The van der Waals surface area contributed by atoms with Crippen molar-refractivity contribution in [1.29, 1.82) is 0 Å². The molecule has 1 aliphatic rings. The Morgan fingerprint density at radius 2 is 0.967 bits per heavy atom. The first-order valence-electron chi connectivity index (χ1n) is 10.9. The van der Waals surface area contributed by atoms with Crippen LogP contribution in [0.15, 0.2) is 95.6 Å². The number of rotatable bonds is 4. The summed E-state index contributed by atoms with van der Waals surface area (Å²) < 4.78 is 0. The summed E-state index contributed by atoms with van der Waals surface area (Å²) in [6.45, 7) is 13.4. The highest BCUT2D eigenvalue weighted by Gasteiger charge is 2.45. The fourth-order valence-corrected chi connectivity index (χ4v) is 5.20.